The van der Waals surface area contributed by atoms with Gasteiger partial charge in [-0.2, -0.15) is 0 Å². The van der Waals surface area contributed by atoms with Crippen LogP contribution in [-0.4, -0.2) is 25.1 Å². The molecule has 0 atom stereocenters. The van der Waals surface area contributed by atoms with Gasteiger partial charge in [-0.25, -0.2) is 4.68 Å². The zero-order valence-corrected chi connectivity index (χ0v) is 13.7. The number of aromatic hydroxyl groups is 1. The standard InChI is InChI=1S/C21H14N4O/c26-20-11-10-19(17-9-4-12-22-21(17)20)25-13-18(23-24-25)16-8-3-6-14-5-1-2-7-15(14)16/h1-13,26H. The largest absolute Gasteiger partial charge is 0.506 e. The van der Waals surface area contributed by atoms with E-state index in [1.807, 2.05) is 48.7 Å². The Labute approximate surface area is 149 Å². The molecule has 3 aromatic carbocycles. The van der Waals surface area contributed by atoms with Crippen LogP contribution >= 0.6 is 0 Å². The van der Waals surface area contributed by atoms with E-state index in [0.717, 1.165) is 27.7 Å². The zero-order valence-electron chi connectivity index (χ0n) is 13.7. The maximum atomic E-state index is 10.0. The van der Waals surface area contributed by atoms with Gasteiger partial charge in [0.2, 0.25) is 0 Å². The Balaban J connectivity index is 1.69. The smallest absolute Gasteiger partial charge is 0.141 e. The predicted octanol–water partition coefficient (Wildman–Crippen LogP) is 4.34. The van der Waals surface area contributed by atoms with E-state index >= 15 is 0 Å². The van der Waals surface area contributed by atoms with Gasteiger partial charge in [-0.05, 0) is 35.0 Å². The van der Waals surface area contributed by atoms with Crippen molar-refractivity contribution in [1.29, 1.82) is 0 Å². The number of aromatic nitrogens is 4. The normalized spacial score (nSPS) is 11.2. The van der Waals surface area contributed by atoms with E-state index < -0.39 is 0 Å². The Hall–Kier alpha value is -3.73. The molecule has 0 aliphatic carbocycles. The van der Waals surface area contributed by atoms with E-state index in [2.05, 4.69) is 33.5 Å². The van der Waals surface area contributed by atoms with Gasteiger partial charge in [-0.3, -0.25) is 4.98 Å². The molecule has 0 radical (unpaired) electrons. The van der Waals surface area contributed by atoms with E-state index in [0.29, 0.717) is 5.52 Å². The number of phenols is 1. The highest BCUT2D eigenvalue weighted by Crippen LogP contribution is 2.30. The third-order valence-electron chi connectivity index (χ3n) is 4.53. The van der Waals surface area contributed by atoms with Crippen LogP contribution in [-0.2, 0) is 0 Å². The molecule has 0 bridgehead atoms. The van der Waals surface area contributed by atoms with E-state index in [4.69, 9.17) is 0 Å². The lowest BCUT2D eigenvalue weighted by Crippen LogP contribution is -1.96. The van der Waals surface area contributed by atoms with Crippen molar-refractivity contribution in [1.82, 2.24) is 20.0 Å². The van der Waals surface area contributed by atoms with Gasteiger partial charge >= 0.3 is 0 Å². The number of phenolic OH excluding ortho intramolecular Hbond substituents is 1. The van der Waals surface area contributed by atoms with Crippen molar-refractivity contribution in [3.63, 3.8) is 0 Å². The second kappa shape index (κ2) is 5.67. The molecule has 5 nitrogen and oxygen atoms in total. The summed E-state index contributed by atoms with van der Waals surface area (Å²) in [5.41, 5.74) is 3.21. The third kappa shape index (κ3) is 2.22. The van der Waals surface area contributed by atoms with Gasteiger partial charge in [-0.1, -0.05) is 47.7 Å². The molecule has 5 heteroatoms. The minimum atomic E-state index is 0.152. The Kier molecular flexibility index (Phi) is 3.18. The molecular weight excluding hydrogens is 324 g/mol. The van der Waals surface area contributed by atoms with Crippen LogP contribution in [0.15, 0.2) is 79.1 Å². The van der Waals surface area contributed by atoms with Gasteiger partial charge in [0.25, 0.3) is 0 Å². The summed E-state index contributed by atoms with van der Waals surface area (Å²) in [7, 11) is 0. The van der Waals surface area contributed by atoms with E-state index in [1.165, 1.54) is 5.39 Å². The van der Waals surface area contributed by atoms with Crippen molar-refractivity contribution in [3.05, 3.63) is 79.1 Å². The minimum Gasteiger partial charge on any atom is -0.506 e. The van der Waals surface area contributed by atoms with Crippen LogP contribution < -0.4 is 0 Å². The fourth-order valence-corrected chi connectivity index (χ4v) is 3.30. The van der Waals surface area contributed by atoms with E-state index in [1.54, 1.807) is 16.9 Å². The summed E-state index contributed by atoms with van der Waals surface area (Å²) in [5, 5.41) is 21.8. The maximum absolute atomic E-state index is 10.0. The molecule has 0 saturated carbocycles. The SMILES string of the molecule is Oc1ccc(-n2cc(-c3cccc4ccccc34)nn2)c2cccnc12. The summed E-state index contributed by atoms with van der Waals surface area (Å²) < 4.78 is 1.72. The van der Waals surface area contributed by atoms with Gasteiger partial charge < -0.3 is 5.11 Å². The first-order valence-electron chi connectivity index (χ1n) is 8.29. The van der Waals surface area contributed by atoms with Crippen molar-refractivity contribution in [2.75, 3.05) is 0 Å². The number of rotatable bonds is 2. The number of hydrogen-bond acceptors (Lipinski definition) is 4. The van der Waals surface area contributed by atoms with Crippen LogP contribution in [0.5, 0.6) is 5.75 Å². The maximum Gasteiger partial charge on any atom is 0.141 e. The molecule has 2 heterocycles. The Morgan fingerprint density at radius 1 is 0.808 bits per heavy atom. The average Bonchev–Trinajstić information content (AvgIpc) is 3.18. The quantitative estimate of drug-likeness (QED) is 0.520. The molecule has 0 amide bonds. The summed E-state index contributed by atoms with van der Waals surface area (Å²) in [5.74, 6) is 0.152. The van der Waals surface area contributed by atoms with Gasteiger partial charge in [-0.15, -0.1) is 5.10 Å². The number of hydrogen-bond donors (Lipinski definition) is 1. The topological polar surface area (TPSA) is 63.8 Å². The second-order valence-corrected chi connectivity index (χ2v) is 6.08. The van der Waals surface area contributed by atoms with Crippen molar-refractivity contribution >= 4 is 21.7 Å². The molecule has 5 aromatic rings. The molecule has 2 aromatic heterocycles. The average molecular weight is 338 g/mol. The highest BCUT2D eigenvalue weighted by Gasteiger charge is 2.12. The molecular formula is C21H14N4O. The summed E-state index contributed by atoms with van der Waals surface area (Å²) >= 11 is 0. The van der Waals surface area contributed by atoms with Crippen LogP contribution in [0, 0.1) is 0 Å². The van der Waals surface area contributed by atoms with Crippen molar-refractivity contribution in [2.24, 2.45) is 0 Å². The summed E-state index contributed by atoms with van der Waals surface area (Å²) in [4.78, 5) is 4.26. The minimum absolute atomic E-state index is 0.152. The van der Waals surface area contributed by atoms with E-state index in [9.17, 15) is 5.11 Å². The molecule has 0 aliphatic rings. The van der Waals surface area contributed by atoms with Crippen LogP contribution in [0.4, 0.5) is 0 Å². The van der Waals surface area contributed by atoms with Gasteiger partial charge in [0.1, 0.15) is 17.0 Å². The fourth-order valence-electron chi connectivity index (χ4n) is 3.30. The highest BCUT2D eigenvalue weighted by molar-refractivity contribution is 5.96. The zero-order chi connectivity index (χ0) is 17.5. The highest BCUT2D eigenvalue weighted by atomic mass is 16.3. The van der Waals surface area contributed by atoms with Crippen molar-refractivity contribution in [3.8, 4) is 22.7 Å². The molecule has 0 unspecified atom stereocenters. The molecule has 0 spiro atoms. The molecule has 0 fully saturated rings. The predicted molar refractivity (Wildman–Crippen MR) is 101 cm³/mol. The lowest BCUT2D eigenvalue weighted by atomic mass is 10.0. The van der Waals surface area contributed by atoms with Crippen LogP contribution in [0.1, 0.15) is 0 Å². The van der Waals surface area contributed by atoms with Crippen LogP contribution in [0.3, 0.4) is 0 Å². The van der Waals surface area contributed by atoms with Crippen molar-refractivity contribution < 1.29 is 5.11 Å². The van der Waals surface area contributed by atoms with Gasteiger partial charge in [0, 0.05) is 17.1 Å². The number of nitrogens with zero attached hydrogens (tertiary/aromatic N) is 4. The Bertz CT molecular complexity index is 1250. The van der Waals surface area contributed by atoms with Gasteiger partial charge in [0.15, 0.2) is 0 Å². The summed E-state index contributed by atoms with van der Waals surface area (Å²) in [6, 6.07) is 21.6. The monoisotopic (exact) mass is 338 g/mol. The fraction of sp³-hybridized carbons (Fsp3) is 0. The molecule has 5 rings (SSSR count). The molecule has 124 valence electrons. The first-order valence-corrected chi connectivity index (χ1v) is 8.29. The Morgan fingerprint density at radius 3 is 2.62 bits per heavy atom. The third-order valence-corrected chi connectivity index (χ3v) is 4.53. The molecule has 0 aliphatic heterocycles. The lowest BCUT2D eigenvalue weighted by Gasteiger charge is -2.06. The molecule has 1 N–H and O–H groups in total. The molecule has 0 saturated heterocycles. The van der Waals surface area contributed by atoms with Crippen LogP contribution in [0.25, 0.3) is 38.6 Å². The molecule has 26 heavy (non-hydrogen) atoms. The summed E-state index contributed by atoms with van der Waals surface area (Å²) in [6.07, 6.45) is 3.56. The number of benzene rings is 3. The van der Waals surface area contributed by atoms with E-state index in [-0.39, 0.29) is 5.75 Å². The summed E-state index contributed by atoms with van der Waals surface area (Å²) in [6.45, 7) is 0. The lowest BCUT2D eigenvalue weighted by molar-refractivity contribution is 0.480. The van der Waals surface area contributed by atoms with Crippen molar-refractivity contribution in [2.45, 2.75) is 0 Å². The van der Waals surface area contributed by atoms with Gasteiger partial charge in [0.05, 0.1) is 11.9 Å². The first kappa shape index (κ1) is 14.6. The second-order valence-electron chi connectivity index (χ2n) is 6.08. The Morgan fingerprint density at radius 2 is 1.65 bits per heavy atom. The van der Waals surface area contributed by atoms with Crippen LogP contribution in [0.2, 0.25) is 0 Å². The first-order chi connectivity index (χ1) is 12.8. The number of fused-ring (bicyclic) bond motifs is 2. The number of pyridine rings is 1.